The van der Waals surface area contributed by atoms with Crippen molar-refractivity contribution < 1.29 is 0 Å². The predicted molar refractivity (Wildman–Crippen MR) is 67.2 cm³/mol. The summed E-state index contributed by atoms with van der Waals surface area (Å²) in [5, 5.41) is 0. The molecule has 2 rings (SSSR count). The molecule has 1 heterocycles. The molecule has 84 valence electrons. The lowest BCUT2D eigenvalue weighted by atomic mass is 10.2. The molecule has 0 aliphatic rings. The first-order valence-electron chi connectivity index (χ1n) is 5.98. The largest absolute Gasteiger partial charge is 0.331 e. The maximum absolute atomic E-state index is 4.43. The molecule has 16 heavy (non-hydrogen) atoms. The summed E-state index contributed by atoms with van der Waals surface area (Å²) in [7, 11) is 0. The molecule has 1 aromatic heterocycles. The van der Waals surface area contributed by atoms with Crippen LogP contribution < -0.4 is 0 Å². The molecule has 1 aromatic carbocycles. The van der Waals surface area contributed by atoms with E-state index in [0.29, 0.717) is 0 Å². The van der Waals surface area contributed by atoms with E-state index in [1.54, 1.807) is 0 Å². The molecular formula is C14H18N2. The van der Waals surface area contributed by atoms with Gasteiger partial charge in [-0.3, -0.25) is 0 Å². The van der Waals surface area contributed by atoms with Crippen molar-refractivity contribution in [1.82, 2.24) is 9.55 Å². The Morgan fingerprint density at radius 3 is 2.69 bits per heavy atom. The van der Waals surface area contributed by atoms with Crippen molar-refractivity contribution >= 4 is 0 Å². The van der Waals surface area contributed by atoms with E-state index in [9.17, 15) is 0 Å². The topological polar surface area (TPSA) is 17.8 Å². The minimum Gasteiger partial charge on any atom is -0.331 e. The second-order valence-electron chi connectivity index (χ2n) is 4.02. The van der Waals surface area contributed by atoms with Crippen LogP contribution in [0.3, 0.4) is 0 Å². The standard InChI is InChI=1S/C14H18N2/c1-2-3-7-11-16-12-10-15-14(16)13-8-5-4-6-9-13/h4-6,8-10,12H,2-3,7,11H2,1H3. The molecule has 0 saturated heterocycles. The van der Waals surface area contributed by atoms with Gasteiger partial charge in [0, 0.05) is 24.5 Å². The summed E-state index contributed by atoms with van der Waals surface area (Å²) >= 11 is 0. The minimum atomic E-state index is 1.07. The second-order valence-corrected chi connectivity index (χ2v) is 4.02. The third-order valence-corrected chi connectivity index (χ3v) is 2.75. The Kier molecular flexibility index (Phi) is 3.76. The van der Waals surface area contributed by atoms with Gasteiger partial charge in [0.25, 0.3) is 0 Å². The van der Waals surface area contributed by atoms with E-state index in [1.807, 2.05) is 12.3 Å². The van der Waals surface area contributed by atoms with Crippen LogP contribution in [0.1, 0.15) is 26.2 Å². The highest BCUT2D eigenvalue weighted by atomic mass is 15.1. The van der Waals surface area contributed by atoms with E-state index >= 15 is 0 Å². The highest BCUT2D eigenvalue weighted by molar-refractivity contribution is 5.54. The minimum absolute atomic E-state index is 1.07. The van der Waals surface area contributed by atoms with Crippen LogP contribution in [0.25, 0.3) is 11.4 Å². The summed E-state index contributed by atoms with van der Waals surface area (Å²) in [6.07, 6.45) is 7.72. The SMILES string of the molecule is CCCCCn1ccnc1-c1ccccc1. The summed E-state index contributed by atoms with van der Waals surface area (Å²) in [6, 6.07) is 10.4. The van der Waals surface area contributed by atoms with Gasteiger partial charge in [-0.2, -0.15) is 0 Å². The van der Waals surface area contributed by atoms with Crippen LogP contribution >= 0.6 is 0 Å². The molecule has 0 aliphatic heterocycles. The molecular weight excluding hydrogens is 196 g/mol. The Labute approximate surface area is 97.0 Å². The first-order valence-corrected chi connectivity index (χ1v) is 5.98. The molecule has 0 aliphatic carbocycles. The zero-order valence-electron chi connectivity index (χ0n) is 9.76. The van der Waals surface area contributed by atoms with Gasteiger partial charge in [-0.15, -0.1) is 0 Å². The maximum atomic E-state index is 4.43. The zero-order chi connectivity index (χ0) is 11.2. The number of nitrogens with zero attached hydrogens (tertiary/aromatic N) is 2. The van der Waals surface area contributed by atoms with Crippen molar-refractivity contribution in [3.05, 3.63) is 42.7 Å². The summed E-state index contributed by atoms with van der Waals surface area (Å²) in [6.45, 7) is 3.30. The van der Waals surface area contributed by atoms with Crippen molar-refractivity contribution in [3.8, 4) is 11.4 Å². The monoisotopic (exact) mass is 214 g/mol. The highest BCUT2D eigenvalue weighted by Gasteiger charge is 2.03. The van der Waals surface area contributed by atoms with Crippen LogP contribution in [-0.2, 0) is 6.54 Å². The summed E-state index contributed by atoms with van der Waals surface area (Å²) < 4.78 is 2.24. The molecule has 0 fully saturated rings. The third-order valence-electron chi connectivity index (χ3n) is 2.75. The normalized spacial score (nSPS) is 10.6. The number of aryl methyl sites for hydroxylation is 1. The van der Waals surface area contributed by atoms with E-state index in [4.69, 9.17) is 0 Å². The Balaban J connectivity index is 2.13. The van der Waals surface area contributed by atoms with E-state index in [-0.39, 0.29) is 0 Å². The van der Waals surface area contributed by atoms with Crippen molar-refractivity contribution in [2.24, 2.45) is 0 Å². The lowest BCUT2D eigenvalue weighted by Crippen LogP contribution is -1.99. The third kappa shape index (κ3) is 2.51. The molecule has 0 radical (unpaired) electrons. The van der Waals surface area contributed by atoms with Crippen molar-refractivity contribution in [3.63, 3.8) is 0 Å². The van der Waals surface area contributed by atoms with Crippen molar-refractivity contribution in [2.75, 3.05) is 0 Å². The van der Waals surface area contributed by atoms with Crippen LogP contribution in [-0.4, -0.2) is 9.55 Å². The first kappa shape index (κ1) is 10.9. The van der Waals surface area contributed by atoms with E-state index in [2.05, 4.69) is 46.9 Å². The number of hydrogen-bond acceptors (Lipinski definition) is 1. The van der Waals surface area contributed by atoms with Gasteiger partial charge < -0.3 is 4.57 Å². The number of rotatable bonds is 5. The fraction of sp³-hybridized carbons (Fsp3) is 0.357. The zero-order valence-corrected chi connectivity index (χ0v) is 9.76. The molecule has 2 nitrogen and oxygen atoms in total. The second kappa shape index (κ2) is 5.50. The Hall–Kier alpha value is -1.57. The Morgan fingerprint density at radius 2 is 1.94 bits per heavy atom. The summed E-state index contributed by atoms with van der Waals surface area (Å²) in [5.41, 5.74) is 1.20. The van der Waals surface area contributed by atoms with Crippen LogP contribution in [0.5, 0.6) is 0 Å². The number of imidazole rings is 1. The molecule has 2 heteroatoms. The van der Waals surface area contributed by atoms with Crippen LogP contribution in [0, 0.1) is 0 Å². The number of benzene rings is 1. The van der Waals surface area contributed by atoms with Gasteiger partial charge in [-0.05, 0) is 6.42 Å². The van der Waals surface area contributed by atoms with E-state index in [1.165, 1.54) is 24.8 Å². The maximum Gasteiger partial charge on any atom is 0.139 e. The van der Waals surface area contributed by atoms with Gasteiger partial charge in [0.2, 0.25) is 0 Å². The van der Waals surface area contributed by atoms with Gasteiger partial charge in [0.05, 0.1) is 0 Å². The summed E-state index contributed by atoms with van der Waals surface area (Å²) in [5.74, 6) is 1.08. The molecule has 0 atom stereocenters. The molecule has 0 amide bonds. The Morgan fingerprint density at radius 1 is 1.12 bits per heavy atom. The van der Waals surface area contributed by atoms with Crippen molar-refractivity contribution in [2.45, 2.75) is 32.7 Å². The quantitative estimate of drug-likeness (QED) is 0.693. The summed E-state index contributed by atoms with van der Waals surface area (Å²) in [4.78, 5) is 4.43. The first-order chi connectivity index (χ1) is 7.92. The fourth-order valence-corrected chi connectivity index (χ4v) is 1.87. The van der Waals surface area contributed by atoms with E-state index in [0.717, 1.165) is 12.4 Å². The lowest BCUT2D eigenvalue weighted by Gasteiger charge is -2.07. The van der Waals surface area contributed by atoms with Crippen LogP contribution in [0.15, 0.2) is 42.7 Å². The van der Waals surface area contributed by atoms with Gasteiger partial charge in [0.1, 0.15) is 5.82 Å². The molecule has 2 aromatic rings. The number of unbranched alkanes of at least 4 members (excludes halogenated alkanes) is 2. The Bertz CT molecular complexity index is 417. The smallest absolute Gasteiger partial charge is 0.139 e. The van der Waals surface area contributed by atoms with Gasteiger partial charge in [-0.1, -0.05) is 50.1 Å². The van der Waals surface area contributed by atoms with Gasteiger partial charge in [0.15, 0.2) is 0 Å². The highest BCUT2D eigenvalue weighted by Crippen LogP contribution is 2.17. The van der Waals surface area contributed by atoms with Gasteiger partial charge >= 0.3 is 0 Å². The van der Waals surface area contributed by atoms with Crippen LogP contribution in [0.2, 0.25) is 0 Å². The molecule has 0 spiro atoms. The van der Waals surface area contributed by atoms with Crippen molar-refractivity contribution in [1.29, 1.82) is 0 Å². The lowest BCUT2D eigenvalue weighted by molar-refractivity contribution is 0.606. The number of hydrogen-bond donors (Lipinski definition) is 0. The molecule has 0 unspecified atom stereocenters. The average Bonchev–Trinajstić information content (AvgIpc) is 2.79. The molecule has 0 N–H and O–H groups in total. The van der Waals surface area contributed by atoms with E-state index < -0.39 is 0 Å². The van der Waals surface area contributed by atoms with Crippen LogP contribution in [0.4, 0.5) is 0 Å². The fourth-order valence-electron chi connectivity index (χ4n) is 1.87. The molecule has 0 saturated carbocycles. The number of aromatic nitrogens is 2. The molecule has 0 bridgehead atoms. The average molecular weight is 214 g/mol. The predicted octanol–water partition coefficient (Wildman–Crippen LogP) is 3.74. The van der Waals surface area contributed by atoms with Gasteiger partial charge in [-0.25, -0.2) is 4.98 Å².